The van der Waals surface area contributed by atoms with Gasteiger partial charge < -0.3 is 10.1 Å². The minimum Gasteiger partial charge on any atom is -0.453 e. The number of amides is 1. The predicted octanol–water partition coefficient (Wildman–Crippen LogP) is 4.73. The van der Waals surface area contributed by atoms with E-state index in [-0.39, 0.29) is 26.7 Å². The van der Waals surface area contributed by atoms with E-state index in [0.29, 0.717) is 6.07 Å². The first kappa shape index (κ1) is 26.4. The number of non-ortho nitro benzene ring substituents is 1. The van der Waals surface area contributed by atoms with Crippen LogP contribution < -0.4 is 5.32 Å². The number of carbonyl (C=O) groups excluding carboxylic acids is 4. The van der Waals surface area contributed by atoms with Crippen molar-refractivity contribution in [2.24, 2.45) is 5.92 Å². The smallest absolute Gasteiger partial charge is 0.339 e. The van der Waals surface area contributed by atoms with Gasteiger partial charge in [-0.2, -0.15) is 0 Å². The molecule has 12 nitrogen and oxygen atoms in total. The van der Waals surface area contributed by atoms with Crippen molar-refractivity contribution in [1.82, 2.24) is 0 Å². The summed E-state index contributed by atoms with van der Waals surface area (Å²) in [6.07, 6.45) is -1.49. The summed E-state index contributed by atoms with van der Waals surface area (Å²) in [6.45, 7) is 0. The molecule has 1 heterocycles. The Morgan fingerprint density at radius 1 is 0.921 bits per heavy atom. The topological polar surface area (TPSA) is 176 Å². The molecule has 0 radical (unpaired) electrons. The van der Waals surface area contributed by atoms with Gasteiger partial charge in [-0.15, -0.1) is 0 Å². The van der Waals surface area contributed by atoms with Gasteiger partial charge in [-0.05, 0) is 30.3 Å². The number of nitro benzene ring substituents is 2. The van der Waals surface area contributed by atoms with E-state index in [9.17, 15) is 39.4 Å². The summed E-state index contributed by atoms with van der Waals surface area (Å²) in [7, 11) is 0. The number of nitrogens with zero attached hydrogens (tertiary/aromatic N) is 2. The normalized spacial score (nSPS) is 14.7. The highest BCUT2D eigenvalue weighted by Gasteiger charge is 2.46. The number of fused-ring (bicyclic) bond motifs is 1. The number of halogens is 2. The minimum atomic E-state index is -1.91. The van der Waals surface area contributed by atoms with Gasteiger partial charge in [0.15, 0.2) is 5.78 Å². The van der Waals surface area contributed by atoms with Crippen molar-refractivity contribution in [3.05, 3.63) is 108 Å². The van der Waals surface area contributed by atoms with Crippen molar-refractivity contribution in [2.45, 2.75) is 6.10 Å². The monoisotopic (exact) mass is 557 g/mol. The number of carbonyl (C=O) groups is 4. The molecular formula is C24H13Cl2N3O9. The number of ether oxygens (including phenoxy) is 1. The lowest BCUT2D eigenvalue weighted by Crippen LogP contribution is -2.38. The molecule has 0 saturated carbocycles. The Balaban J connectivity index is 1.74. The summed E-state index contributed by atoms with van der Waals surface area (Å²) in [4.78, 5) is 72.9. The van der Waals surface area contributed by atoms with Crippen LogP contribution in [0.3, 0.4) is 0 Å². The fourth-order valence-corrected chi connectivity index (χ4v) is 4.16. The molecule has 0 bridgehead atoms. The zero-order valence-electron chi connectivity index (χ0n) is 18.8. The molecule has 3 aromatic rings. The van der Waals surface area contributed by atoms with Gasteiger partial charge in [-0.1, -0.05) is 41.4 Å². The van der Waals surface area contributed by atoms with Crippen LogP contribution in [-0.4, -0.2) is 33.3 Å². The number of nitrogens with one attached hydrogen (secondary N) is 1. The number of hydrogen-bond acceptors (Lipinski definition) is 9. The van der Waals surface area contributed by atoms with Crippen LogP contribution in [0, 0.1) is 26.1 Å². The molecular weight excluding hydrogens is 545 g/mol. The van der Waals surface area contributed by atoms with Crippen molar-refractivity contribution < 1.29 is 33.8 Å². The number of hydrogen-bond donors (Lipinski definition) is 1. The maximum absolute atomic E-state index is 13.5. The third-order valence-corrected chi connectivity index (χ3v) is 6.39. The lowest BCUT2D eigenvalue weighted by Gasteiger charge is -2.21. The van der Waals surface area contributed by atoms with Gasteiger partial charge in [0.1, 0.15) is 17.7 Å². The van der Waals surface area contributed by atoms with Crippen molar-refractivity contribution in [3.8, 4) is 0 Å². The molecule has 1 aliphatic heterocycles. The molecule has 38 heavy (non-hydrogen) atoms. The lowest BCUT2D eigenvalue weighted by atomic mass is 9.84. The summed E-state index contributed by atoms with van der Waals surface area (Å²) in [5.41, 5.74) is -1.86. The molecule has 0 saturated heterocycles. The molecule has 0 aliphatic carbocycles. The van der Waals surface area contributed by atoms with Gasteiger partial charge in [-0.25, -0.2) is 4.79 Å². The first-order valence-corrected chi connectivity index (χ1v) is 11.3. The van der Waals surface area contributed by atoms with Crippen LogP contribution in [0.1, 0.15) is 32.4 Å². The van der Waals surface area contributed by atoms with E-state index < -0.39 is 62.4 Å². The molecule has 2 atom stereocenters. The van der Waals surface area contributed by atoms with Crippen LogP contribution in [-0.2, 0) is 14.3 Å². The summed E-state index contributed by atoms with van der Waals surface area (Å²) in [5.74, 6) is -6.51. The second-order valence-electron chi connectivity index (χ2n) is 7.92. The highest BCUT2D eigenvalue weighted by Crippen LogP contribution is 2.39. The molecule has 192 valence electrons. The maximum Gasteiger partial charge on any atom is 0.339 e. The first-order valence-electron chi connectivity index (χ1n) is 10.6. The fourth-order valence-electron chi connectivity index (χ4n) is 3.86. The zero-order chi connectivity index (χ0) is 27.7. The van der Waals surface area contributed by atoms with Crippen molar-refractivity contribution >= 4 is 63.7 Å². The largest absolute Gasteiger partial charge is 0.453 e. The molecule has 14 heteroatoms. The van der Waals surface area contributed by atoms with E-state index in [1.165, 1.54) is 30.3 Å². The Bertz CT molecular complexity index is 1560. The standard InChI is InChI=1S/C24H13Cl2N3O9/c25-15-7-5-11(9-16(15)26)20(30)19(22-13-3-1-2-4-14(13)24(33)38-22)21(31)23(32)27-17-8-6-12(28(34)35)10-18(17)29(36)37/h1-10,19,22H,(H,27,32). The average Bonchev–Trinajstić information content (AvgIpc) is 3.21. The number of anilines is 1. The fraction of sp³-hybridized carbons (Fsp3) is 0.0833. The number of esters is 1. The maximum atomic E-state index is 13.5. The quantitative estimate of drug-likeness (QED) is 0.102. The van der Waals surface area contributed by atoms with Crippen LogP contribution in [0.5, 0.6) is 0 Å². The number of Topliss-reactive ketones (excluding diaryl/α,β-unsaturated/α-hetero) is 2. The van der Waals surface area contributed by atoms with E-state index >= 15 is 0 Å². The lowest BCUT2D eigenvalue weighted by molar-refractivity contribution is -0.393. The number of cyclic esters (lactones) is 1. The first-order chi connectivity index (χ1) is 18.0. The third kappa shape index (κ3) is 4.94. The van der Waals surface area contributed by atoms with E-state index in [1.54, 1.807) is 12.1 Å². The Hall–Kier alpha value is -4.68. The zero-order valence-corrected chi connectivity index (χ0v) is 20.3. The highest BCUT2D eigenvalue weighted by molar-refractivity contribution is 6.46. The predicted molar refractivity (Wildman–Crippen MR) is 132 cm³/mol. The van der Waals surface area contributed by atoms with Crippen LogP contribution in [0.15, 0.2) is 60.7 Å². The Labute approximate surface area is 222 Å². The van der Waals surface area contributed by atoms with Gasteiger partial charge in [0.2, 0.25) is 5.78 Å². The molecule has 3 aromatic carbocycles. The van der Waals surface area contributed by atoms with Gasteiger partial charge in [0.25, 0.3) is 17.3 Å². The van der Waals surface area contributed by atoms with Gasteiger partial charge in [-0.3, -0.25) is 34.6 Å². The second-order valence-corrected chi connectivity index (χ2v) is 8.73. The second kappa shape index (κ2) is 10.4. The van der Waals surface area contributed by atoms with Crippen LogP contribution >= 0.6 is 23.2 Å². The highest BCUT2D eigenvalue weighted by atomic mass is 35.5. The van der Waals surface area contributed by atoms with Crippen LogP contribution in [0.4, 0.5) is 17.1 Å². The molecule has 2 unspecified atom stereocenters. The molecule has 1 amide bonds. The molecule has 0 fully saturated rings. The Morgan fingerprint density at radius 2 is 1.63 bits per heavy atom. The van der Waals surface area contributed by atoms with E-state index in [0.717, 1.165) is 12.1 Å². The summed E-state index contributed by atoms with van der Waals surface area (Å²) >= 11 is 11.9. The van der Waals surface area contributed by atoms with Crippen LogP contribution in [0.2, 0.25) is 10.0 Å². The molecule has 0 spiro atoms. The van der Waals surface area contributed by atoms with E-state index in [4.69, 9.17) is 27.9 Å². The third-order valence-electron chi connectivity index (χ3n) is 5.65. The van der Waals surface area contributed by atoms with E-state index in [2.05, 4.69) is 0 Å². The number of nitro groups is 2. The summed E-state index contributed by atoms with van der Waals surface area (Å²) in [6, 6.07) is 12.1. The summed E-state index contributed by atoms with van der Waals surface area (Å²) < 4.78 is 5.31. The van der Waals surface area contributed by atoms with Crippen molar-refractivity contribution in [2.75, 3.05) is 5.32 Å². The number of rotatable bonds is 8. The molecule has 4 rings (SSSR count). The average molecular weight is 558 g/mol. The number of ketones is 2. The summed E-state index contributed by atoms with van der Waals surface area (Å²) in [5, 5.41) is 24.5. The van der Waals surface area contributed by atoms with Crippen molar-refractivity contribution in [3.63, 3.8) is 0 Å². The van der Waals surface area contributed by atoms with E-state index in [1.807, 2.05) is 5.32 Å². The SMILES string of the molecule is O=C(Nc1ccc([N+](=O)[O-])cc1[N+](=O)[O-])C(=O)C(C(=O)c1ccc(Cl)c(Cl)c1)C1OC(=O)c2ccccc21. The Morgan fingerprint density at radius 3 is 2.29 bits per heavy atom. The number of benzene rings is 3. The van der Waals surface area contributed by atoms with Crippen LogP contribution in [0.25, 0.3) is 0 Å². The van der Waals surface area contributed by atoms with Gasteiger partial charge >= 0.3 is 5.97 Å². The minimum absolute atomic E-state index is 0.0153. The van der Waals surface area contributed by atoms with Gasteiger partial charge in [0.05, 0.1) is 31.5 Å². The van der Waals surface area contributed by atoms with Crippen molar-refractivity contribution in [1.29, 1.82) is 0 Å². The molecule has 1 N–H and O–H groups in total. The molecule has 0 aromatic heterocycles. The Kier molecular flexibility index (Phi) is 7.19. The molecule has 1 aliphatic rings. The van der Waals surface area contributed by atoms with Gasteiger partial charge in [0, 0.05) is 17.2 Å².